The Hall–Kier alpha value is -3.26. The maximum absolute atomic E-state index is 12.5. The van der Waals surface area contributed by atoms with Gasteiger partial charge in [0.05, 0.1) is 22.6 Å². The zero-order chi connectivity index (χ0) is 18.1. The van der Waals surface area contributed by atoms with E-state index < -0.39 is 0 Å². The molecular weight excluding hydrogens is 350 g/mol. The summed E-state index contributed by atoms with van der Waals surface area (Å²) in [4.78, 5) is 18.3. The van der Waals surface area contributed by atoms with Crippen LogP contribution in [0.5, 0.6) is 5.75 Å². The van der Waals surface area contributed by atoms with Gasteiger partial charge in [0, 0.05) is 23.8 Å². The Labute approximate surface area is 154 Å². The molecule has 2 heterocycles. The first-order chi connectivity index (χ1) is 12.6. The van der Waals surface area contributed by atoms with Crippen molar-refractivity contribution in [3.8, 4) is 5.75 Å². The number of thiazole rings is 1. The maximum atomic E-state index is 12.5. The molecule has 1 aliphatic rings. The molecule has 0 saturated carbocycles. The van der Waals surface area contributed by atoms with Crippen molar-refractivity contribution in [1.82, 2.24) is 4.98 Å². The highest BCUT2D eigenvalue weighted by atomic mass is 32.1. The average Bonchev–Trinajstić information content (AvgIpc) is 3.30. The minimum Gasteiger partial charge on any atom is -0.508 e. The summed E-state index contributed by atoms with van der Waals surface area (Å²) < 4.78 is 0. The van der Waals surface area contributed by atoms with E-state index in [9.17, 15) is 9.90 Å². The van der Waals surface area contributed by atoms with Crippen molar-refractivity contribution < 1.29 is 9.90 Å². The van der Waals surface area contributed by atoms with Crippen molar-refractivity contribution in [2.24, 2.45) is 0 Å². The van der Waals surface area contributed by atoms with Crippen LogP contribution in [0, 0.1) is 0 Å². The third-order valence-electron chi connectivity index (χ3n) is 4.16. The van der Waals surface area contributed by atoms with E-state index in [1.807, 2.05) is 23.6 Å². The second kappa shape index (κ2) is 6.57. The number of phenols is 1. The van der Waals surface area contributed by atoms with Crippen LogP contribution in [-0.2, 0) is 0 Å². The van der Waals surface area contributed by atoms with Crippen LogP contribution in [0.25, 0.3) is 0 Å². The number of anilines is 4. The van der Waals surface area contributed by atoms with E-state index in [1.54, 1.807) is 48.2 Å². The molecule has 4 N–H and O–H groups in total. The number of benzene rings is 2. The number of nitrogens with zero attached hydrogens (tertiary/aromatic N) is 2. The van der Waals surface area contributed by atoms with Crippen LogP contribution in [0.2, 0.25) is 0 Å². The number of carbonyl (C=O) groups is 1. The highest BCUT2D eigenvalue weighted by Crippen LogP contribution is 2.36. The molecule has 1 unspecified atom stereocenters. The van der Waals surface area contributed by atoms with Crippen molar-refractivity contribution in [2.75, 3.05) is 27.9 Å². The van der Waals surface area contributed by atoms with Crippen LogP contribution in [0.4, 0.5) is 27.5 Å². The molecule has 8 heteroatoms. The third-order valence-corrected chi connectivity index (χ3v) is 4.76. The summed E-state index contributed by atoms with van der Waals surface area (Å²) in [5.41, 5.74) is 5.98. The molecule has 3 aromatic rings. The summed E-state index contributed by atoms with van der Waals surface area (Å²) in [6.07, 6.45) is -0.0677. The minimum absolute atomic E-state index is 0.0677. The molecule has 7 nitrogen and oxygen atoms in total. The van der Waals surface area contributed by atoms with E-state index in [1.165, 1.54) is 4.90 Å². The van der Waals surface area contributed by atoms with Gasteiger partial charge in [-0.15, -0.1) is 11.3 Å². The molecule has 26 heavy (non-hydrogen) atoms. The fourth-order valence-corrected chi connectivity index (χ4v) is 3.31. The van der Waals surface area contributed by atoms with Gasteiger partial charge in [-0.1, -0.05) is 0 Å². The van der Waals surface area contributed by atoms with Gasteiger partial charge in [-0.05, 0) is 42.5 Å². The highest BCUT2D eigenvalue weighted by Gasteiger charge is 2.23. The molecule has 1 aliphatic heterocycles. The van der Waals surface area contributed by atoms with Crippen molar-refractivity contribution in [2.45, 2.75) is 6.17 Å². The number of carbonyl (C=O) groups excluding carboxylic acids is 1. The van der Waals surface area contributed by atoms with Crippen molar-refractivity contribution in [3.63, 3.8) is 0 Å². The predicted octanol–water partition coefficient (Wildman–Crippen LogP) is 4.05. The molecule has 1 atom stereocenters. The number of fused-ring (bicyclic) bond motifs is 1. The molecule has 4 rings (SSSR count). The van der Waals surface area contributed by atoms with E-state index in [0.717, 1.165) is 17.1 Å². The number of rotatable bonds is 3. The van der Waals surface area contributed by atoms with E-state index in [-0.39, 0.29) is 17.9 Å². The van der Waals surface area contributed by atoms with Crippen LogP contribution in [0.3, 0.4) is 0 Å². The first-order valence-electron chi connectivity index (χ1n) is 7.99. The summed E-state index contributed by atoms with van der Waals surface area (Å²) in [5, 5.41) is 20.9. The number of aromatic nitrogens is 1. The van der Waals surface area contributed by atoms with Crippen LogP contribution in [0.1, 0.15) is 11.9 Å². The summed E-state index contributed by atoms with van der Waals surface area (Å²) >= 11 is 1.55. The number of hydrogen-bond acceptors (Lipinski definition) is 6. The third kappa shape index (κ3) is 3.14. The maximum Gasteiger partial charge on any atom is 0.326 e. The van der Waals surface area contributed by atoms with Gasteiger partial charge in [-0.3, -0.25) is 4.90 Å². The Morgan fingerprint density at radius 1 is 1.19 bits per heavy atom. The minimum atomic E-state index is -0.266. The Morgan fingerprint density at radius 2 is 1.96 bits per heavy atom. The molecule has 0 fully saturated rings. The van der Waals surface area contributed by atoms with E-state index in [0.29, 0.717) is 11.4 Å². The van der Waals surface area contributed by atoms with Crippen LogP contribution in [-0.4, -0.2) is 23.2 Å². The lowest BCUT2D eigenvalue weighted by atomic mass is 10.2. The Balaban J connectivity index is 1.46. The smallest absolute Gasteiger partial charge is 0.326 e. The summed E-state index contributed by atoms with van der Waals surface area (Å²) in [7, 11) is 1.67. The number of hydrogen-bond donors (Lipinski definition) is 4. The Bertz CT molecular complexity index is 927. The number of amides is 2. The van der Waals surface area contributed by atoms with Crippen molar-refractivity contribution in [1.29, 1.82) is 0 Å². The molecular formula is C18H17N5O2S. The highest BCUT2D eigenvalue weighted by molar-refractivity contribution is 7.07. The lowest BCUT2D eigenvalue weighted by molar-refractivity contribution is 0.258. The van der Waals surface area contributed by atoms with Gasteiger partial charge >= 0.3 is 6.03 Å². The molecule has 0 bridgehead atoms. The van der Waals surface area contributed by atoms with Gasteiger partial charge < -0.3 is 21.1 Å². The van der Waals surface area contributed by atoms with Crippen LogP contribution < -0.4 is 20.9 Å². The van der Waals surface area contributed by atoms with Gasteiger partial charge in [0.2, 0.25) is 0 Å². The predicted molar refractivity (Wildman–Crippen MR) is 104 cm³/mol. The fourth-order valence-electron chi connectivity index (χ4n) is 2.73. The topological polar surface area (TPSA) is 89.5 Å². The van der Waals surface area contributed by atoms with E-state index >= 15 is 0 Å². The van der Waals surface area contributed by atoms with Gasteiger partial charge in [0.1, 0.15) is 11.9 Å². The molecule has 0 aliphatic carbocycles. The quantitative estimate of drug-likeness (QED) is 0.561. The number of urea groups is 1. The second-order valence-electron chi connectivity index (χ2n) is 5.90. The molecule has 2 aromatic carbocycles. The van der Waals surface area contributed by atoms with Gasteiger partial charge in [0.25, 0.3) is 0 Å². The summed E-state index contributed by atoms with van der Waals surface area (Å²) in [6.45, 7) is 0. The molecule has 0 saturated heterocycles. The lowest BCUT2D eigenvalue weighted by Gasteiger charge is -2.18. The normalized spacial score (nSPS) is 14.9. The average molecular weight is 367 g/mol. The molecule has 2 amide bonds. The summed E-state index contributed by atoms with van der Waals surface area (Å²) in [5.74, 6) is 0.162. The molecule has 0 radical (unpaired) electrons. The van der Waals surface area contributed by atoms with Crippen molar-refractivity contribution in [3.05, 3.63) is 59.0 Å². The lowest BCUT2D eigenvalue weighted by Crippen LogP contribution is -2.31. The standard InChI is InChI=1S/C18H17N5O2S/c1-23(12-3-5-13(24)6-4-12)18(25)20-11-2-7-14-15(8-11)22-17(21-14)16-9-26-10-19-16/h2-10,17,21-22,24H,1H3,(H,20,25). The molecule has 132 valence electrons. The first kappa shape index (κ1) is 16.2. The van der Waals surface area contributed by atoms with E-state index in [2.05, 4.69) is 20.9 Å². The SMILES string of the molecule is CN(C(=O)Nc1ccc2c(c1)NC(c1cscn1)N2)c1ccc(O)cc1. The monoisotopic (exact) mass is 367 g/mol. The Morgan fingerprint density at radius 3 is 2.69 bits per heavy atom. The summed E-state index contributed by atoms with van der Waals surface area (Å²) in [6, 6.07) is 11.8. The van der Waals surface area contributed by atoms with Crippen molar-refractivity contribution >= 4 is 40.1 Å². The number of phenolic OH excluding ortho intramolecular Hbond substituents is 1. The largest absolute Gasteiger partial charge is 0.508 e. The van der Waals surface area contributed by atoms with Gasteiger partial charge in [0.15, 0.2) is 0 Å². The number of aromatic hydroxyl groups is 1. The number of nitrogens with one attached hydrogen (secondary N) is 3. The second-order valence-corrected chi connectivity index (χ2v) is 6.62. The van der Waals surface area contributed by atoms with Crippen LogP contribution in [0.15, 0.2) is 53.4 Å². The van der Waals surface area contributed by atoms with Crippen LogP contribution >= 0.6 is 11.3 Å². The first-order valence-corrected chi connectivity index (χ1v) is 8.93. The molecule has 0 spiro atoms. The Kier molecular flexibility index (Phi) is 4.10. The zero-order valence-electron chi connectivity index (χ0n) is 13.9. The van der Waals surface area contributed by atoms with Gasteiger partial charge in [-0.2, -0.15) is 0 Å². The fraction of sp³-hybridized carbons (Fsp3) is 0.111. The molecule has 1 aromatic heterocycles. The zero-order valence-corrected chi connectivity index (χ0v) is 14.7. The van der Waals surface area contributed by atoms with Gasteiger partial charge in [-0.25, -0.2) is 9.78 Å². The van der Waals surface area contributed by atoms with E-state index in [4.69, 9.17) is 0 Å².